The van der Waals surface area contributed by atoms with Gasteiger partial charge in [0, 0.05) is 11.7 Å². The molecule has 1 aromatic rings. The lowest BCUT2D eigenvalue weighted by Gasteiger charge is -2.18. The fraction of sp³-hybridized carbons (Fsp3) is 0.500. The fourth-order valence-corrected chi connectivity index (χ4v) is 1.75. The van der Waals surface area contributed by atoms with Crippen LogP contribution in [0, 0.1) is 25.2 Å². The summed E-state index contributed by atoms with van der Waals surface area (Å²) in [7, 11) is 0. The maximum Gasteiger partial charge on any atom is 0.391 e. The van der Waals surface area contributed by atoms with E-state index in [1.54, 1.807) is 19.9 Å². The van der Waals surface area contributed by atoms with Crippen molar-refractivity contribution in [2.45, 2.75) is 39.4 Å². The van der Waals surface area contributed by atoms with Crippen LogP contribution in [0.1, 0.15) is 30.3 Å². The van der Waals surface area contributed by atoms with Gasteiger partial charge < -0.3 is 5.32 Å². The number of rotatable bonds is 3. The number of nitriles is 1. The van der Waals surface area contributed by atoms with Crippen LogP contribution in [-0.2, 0) is 0 Å². The average Bonchev–Trinajstić information content (AvgIpc) is 2.13. The molecule has 0 aliphatic rings. The number of nitrogens with one attached hydrogen (secondary N) is 1. The predicted molar refractivity (Wildman–Crippen MR) is 62.2 cm³/mol. The van der Waals surface area contributed by atoms with E-state index in [4.69, 9.17) is 5.26 Å². The van der Waals surface area contributed by atoms with Crippen molar-refractivity contribution in [3.05, 3.63) is 23.0 Å². The number of nitrogens with zero attached hydrogens (tertiary/aromatic N) is 2. The molecule has 1 atom stereocenters. The Morgan fingerprint density at radius 1 is 1.44 bits per heavy atom. The molecule has 0 amide bonds. The van der Waals surface area contributed by atoms with E-state index in [1.807, 2.05) is 6.07 Å². The molecule has 0 aliphatic carbocycles. The van der Waals surface area contributed by atoms with Crippen LogP contribution in [0.4, 0.5) is 18.9 Å². The standard InChI is InChI=1S/C12H14F3N3/c1-7-4-11(10(6-16)9(3)17-7)18-8(2)5-12(13,14)15/h4,8H,5H2,1-3H3,(H,17,18). The first-order valence-corrected chi connectivity index (χ1v) is 5.44. The van der Waals surface area contributed by atoms with Gasteiger partial charge in [-0.2, -0.15) is 18.4 Å². The van der Waals surface area contributed by atoms with Crippen molar-refractivity contribution in [2.75, 3.05) is 5.32 Å². The summed E-state index contributed by atoms with van der Waals surface area (Å²) < 4.78 is 36.7. The Hall–Kier alpha value is -1.77. The number of halogens is 3. The normalized spacial score (nSPS) is 12.9. The maximum absolute atomic E-state index is 12.2. The molecule has 98 valence electrons. The van der Waals surface area contributed by atoms with Gasteiger partial charge in [0.2, 0.25) is 0 Å². The highest BCUT2D eigenvalue weighted by Crippen LogP contribution is 2.25. The van der Waals surface area contributed by atoms with Crippen molar-refractivity contribution in [3.8, 4) is 6.07 Å². The van der Waals surface area contributed by atoms with Crippen LogP contribution in [-0.4, -0.2) is 17.2 Å². The topological polar surface area (TPSA) is 48.7 Å². The van der Waals surface area contributed by atoms with Crippen molar-refractivity contribution in [1.29, 1.82) is 5.26 Å². The summed E-state index contributed by atoms with van der Waals surface area (Å²) in [5, 5.41) is 11.7. The molecule has 0 saturated heterocycles. The quantitative estimate of drug-likeness (QED) is 0.903. The highest BCUT2D eigenvalue weighted by atomic mass is 19.4. The second-order valence-corrected chi connectivity index (χ2v) is 4.25. The monoisotopic (exact) mass is 257 g/mol. The molecule has 0 bridgehead atoms. The Kier molecular flexibility index (Phi) is 4.17. The molecule has 0 aliphatic heterocycles. The zero-order chi connectivity index (χ0) is 13.9. The second kappa shape index (κ2) is 5.25. The summed E-state index contributed by atoms with van der Waals surface area (Å²) in [6.07, 6.45) is -5.17. The number of hydrogen-bond donors (Lipinski definition) is 1. The Morgan fingerprint density at radius 2 is 2.06 bits per heavy atom. The molecule has 6 heteroatoms. The van der Waals surface area contributed by atoms with E-state index in [0.29, 0.717) is 17.1 Å². The lowest BCUT2D eigenvalue weighted by molar-refractivity contribution is -0.136. The summed E-state index contributed by atoms with van der Waals surface area (Å²) in [6.45, 7) is 4.82. The minimum Gasteiger partial charge on any atom is -0.381 e. The summed E-state index contributed by atoms with van der Waals surface area (Å²) in [4.78, 5) is 4.10. The van der Waals surface area contributed by atoms with Gasteiger partial charge in [-0.3, -0.25) is 4.98 Å². The minimum absolute atomic E-state index is 0.287. The van der Waals surface area contributed by atoms with E-state index in [9.17, 15) is 13.2 Å². The van der Waals surface area contributed by atoms with Crippen LogP contribution in [0.5, 0.6) is 0 Å². The molecule has 3 nitrogen and oxygen atoms in total. The van der Waals surface area contributed by atoms with Gasteiger partial charge in [-0.05, 0) is 26.8 Å². The van der Waals surface area contributed by atoms with Gasteiger partial charge in [0.15, 0.2) is 0 Å². The van der Waals surface area contributed by atoms with Crippen LogP contribution >= 0.6 is 0 Å². The summed E-state index contributed by atoms with van der Waals surface area (Å²) in [6, 6.07) is 2.74. The molecule has 0 aromatic carbocycles. The Morgan fingerprint density at radius 3 is 2.56 bits per heavy atom. The number of aryl methyl sites for hydroxylation is 2. The maximum atomic E-state index is 12.2. The molecule has 0 saturated carbocycles. The molecule has 18 heavy (non-hydrogen) atoms. The van der Waals surface area contributed by atoms with E-state index in [0.717, 1.165) is 0 Å². The minimum atomic E-state index is -4.23. The van der Waals surface area contributed by atoms with Crippen molar-refractivity contribution < 1.29 is 13.2 Å². The molecule has 0 radical (unpaired) electrons. The van der Waals surface area contributed by atoms with Crippen molar-refractivity contribution in [2.24, 2.45) is 0 Å². The van der Waals surface area contributed by atoms with Crippen LogP contribution in [0.3, 0.4) is 0 Å². The van der Waals surface area contributed by atoms with Gasteiger partial charge >= 0.3 is 6.18 Å². The molecular formula is C12H14F3N3. The van der Waals surface area contributed by atoms with Crippen LogP contribution in [0.15, 0.2) is 6.07 Å². The Bertz CT molecular complexity index is 475. The van der Waals surface area contributed by atoms with Crippen LogP contribution in [0.2, 0.25) is 0 Å². The molecule has 0 fully saturated rings. The van der Waals surface area contributed by atoms with Crippen LogP contribution in [0.25, 0.3) is 0 Å². The SMILES string of the molecule is Cc1cc(NC(C)CC(F)(F)F)c(C#N)c(C)n1. The largest absolute Gasteiger partial charge is 0.391 e. The van der Waals surface area contributed by atoms with E-state index in [-0.39, 0.29) is 5.56 Å². The van der Waals surface area contributed by atoms with Crippen molar-refractivity contribution in [1.82, 2.24) is 4.98 Å². The Balaban J connectivity index is 2.94. The molecule has 1 rings (SSSR count). The van der Waals surface area contributed by atoms with Crippen molar-refractivity contribution in [3.63, 3.8) is 0 Å². The predicted octanol–water partition coefficient (Wildman–Crippen LogP) is 3.32. The number of alkyl halides is 3. The van der Waals surface area contributed by atoms with Gasteiger partial charge in [-0.15, -0.1) is 0 Å². The Labute approximate surface area is 104 Å². The highest BCUT2D eigenvalue weighted by molar-refractivity contribution is 5.60. The van der Waals surface area contributed by atoms with Crippen molar-refractivity contribution >= 4 is 5.69 Å². The third-order valence-corrected chi connectivity index (χ3v) is 2.38. The molecule has 1 unspecified atom stereocenters. The van der Waals surface area contributed by atoms with Gasteiger partial charge in [-0.1, -0.05) is 0 Å². The summed E-state index contributed by atoms with van der Waals surface area (Å²) in [5.41, 5.74) is 1.86. The first-order chi connectivity index (χ1) is 8.23. The molecular weight excluding hydrogens is 243 g/mol. The molecule has 0 spiro atoms. The number of anilines is 1. The third-order valence-electron chi connectivity index (χ3n) is 2.38. The van der Waals surface area contributed by atoms with Gasteiger partial charge in [-0.25, -0.2) is 0 Å². The van der Waals surface area contributed by atoms with Gasteiger partial charge in [0.1, 0.15) is 6.07 Å². The third kappa shape index (κ3) is 3.91. The number of aromatic nitrogens is 1. The molecule has 1 aromatic heterocycles. The summed E-state index contributed by atoms with van der Waals surface area (Å²) >= 11 is 0. The lowest BCUT2D eigenvalue weighted by atomic mass is 10.1. The fourth-order valence-electron chi connectivity index (χ4n) is 1.75. The van der Waals surface area contributed by atoms with E-state index < -0.39 is 18.6 Å². The highest BCUT2D eigenvalue weighted by Gasteiger charge is 2.30. The second-order valence-electron chi connectivity index (χ2n) is 4.25. The van der Waals surface area contributed by atoms with E-state index >= 15 is 0 Å². The van der Waals surface area contributed by atoms with Gasteiger partial charge in [0.05, 0.1) is 23.4 Å². The lowest BCUT2D eigenvalue weighted by Crippen LogP contribution is -2.24. The van der Waals surface area contributed by atoms with Gasteiger partial charge in [0.25, 0.3) is 0 Å². The first-order valence-electron chi connectivity index (χ1n) is 5.44. The van der Waals surface area contributed by atoms with E-state index in [1.165, 1.54) is 6.92 Å². The first kappa shape index (κ1) is 14.3. The molecule has 1 heterocycles. The zero-order valence-electron chi connectivity index (χ0n) is 10.4. The summed E-state index contributed by atoms with van der Waals surface area (Å²) in [5.74, 6) is 0. The zero-order valence-corrected chi connectivity index (χ0v) is 10.4. The number of pyridine rings is 1. The average molecular weight is 257 g/mol. The molecule has 1 N–H and O–H groups in total. The number of hydrogen-bond acceptors (Lipinski definition) is 3. The smallest absolute Gasteiger partial charge is 0.381 e. The van der Waals surface area contributed by atoms with E-state index in [2.05, 4.69) is 10.3 Å². The van der Waals surface area contributed by atoms with Crippen LogP contribution < -0.4 is 5.32 Å².